The number of hydrogen-bond donors (Lipinski definition) is 0. The smallest absolute Gasteiger partial charge is 0.345 e. The molecule has 0 bridgehead atoms. The molecule has 1 aromatic rings. The first kappa shape index (κ1) is 17.7. The molecule has 0 N–H and O–H groups in total. The molecule has 1 atom stereocenters. The van der Waals surface area contributed by atoms with Crippen LogP contribution in [0.15, 0.2) is 12.1 Å². The van der Waals surface area contributed by atoms with Gasteiger partial charge in [-0.3, -0.25) is 0 Å². The van der Waals surface area contributed by atoms with Crippen LogP contribution in [0.2, 0.25) is 0 Å². The summed E-state index contributed by atoms with van der Waals surface area (Å²) >= 11 is 0. The third-order valence-corrected chi connectivity index (χ3v) is 3.61. The standard InChI is InChI=1S/C18H27FO2/c1-10(2)14-8-15(11(3)4)17(16(9-14)12(5)6)21-18(20)13(7)19/h8-13H,1-7H3. The Kier molecular flexibility index (Phi) is 5.94. The van der Waals surface area contributed by atoms with Crippen molar-refractivity contribution in [2.45, 2.75) is 72.4 Å². The zero-order valence-electron chi connectivity index (χ0n) is 14.2. The lowest BCUT2D eigenvalue weighted by atomic mass is 9.88. The normalized spacial score (nSPS) is 13.1. The van der Waals surface area contributed by atoms with Crippen LogP contribution in [0.5, 0.6) is 5.75 Å². The summed E-state index contributed by atoms with van der Waals surface area (Å²) < 4.78 is 18.6. The van der Waals surface area contributed by atoms with Crippen LogP contribution < -0.4 is 4.74 Å². The maximum absolute atomic E-state index is 13.2. The summed E-state index contributed by atoms with van der Waals surface area (Å²) in [6, 6.07) is 4.15. The summed E-state index contributed by atoms with van der Waals surface area (Å²) in [5.41, 5.74) is 3.16. The van der Waals surface area contributed by atoms with Gasteiger partial charge in [-0.15, -0.1) is 0 Å². The van der Waals surface area contributed by atoms with Gasteiger partial charge in [-0.1, -0.05) is 53.7 Å². The van der Waals surface area contributed by atoms with E-state index < -0.39 is 12.1 Å². The summed E-state index contributed by atoms with van der Waals surface area (Å²) in [5.74, 6) is 0.526. The van der Waals surface area contributed by atoms with Gasteiger partial charge in [0.05, 0.1) is 0 Å². The first-order valence-corrected chi connectivity index (χ1v) is 7.68. The number of benzene rings is 1. The molecular weight excluding hydrogens is 267 g/mol. The average Bonchev–Trinajstić information content (AvgIpc) is 2.37. The quantitative estimate of drug-likeness (QED) is 0.542. The fraction of sp³-hybridized carbons (Fsp3) is 0.611. The Morgan fingerprint density at radius 3 is 1.62 bits per heavy atom. The number of halogens is 1. The molecule has 0 saturated carbocycles. The van der Waals surface area contributed by atoms with E-state index in [1.54, 1.807) is 0 Å². The molecule has 0 spiro atoms. The van der Waals surface area contributed by atoms with E-state index in [9.17, 15) is 9.18 Å². The van der Waals surface area contributed by atoms with Crippen LogP contribution in [0, 0.1) is 0 Å². The van der Waals surface area contributed by atoms with Crippen molar-refractivity contribution in [3.63, 3.8) is 0 Å². The van der Waals surface area contributed by atoms with Gasteiger partial charge in [0.15, 0.2) is 6.17 Å². The van der Waals surface area contributed by atoms with Crippen LogP contribution in [-0.2, 0) is 4.79 Å². The predicted octanol–water partition coefficient (Wildman–Crippen LogP) is 5.32. The predicted molar refractivity (Wildman–Crippen MR) is 84.9 cm³/mol. The van der Waals surface area contributed by atoms with Crippen LogP contribution in [-0.4, -0.2) is 12.1 Å². The van der Waals surface area contributed by atoms with E-state index in [0.717, 1.165) is 11.1 Å². The lowest BCUT2D eigenvalue weighted by molar-refractivity contribution is -0.139. The highest BCUT2D eigenvalue weighted by atomic mass is 19.1. The van der Waals surface area contributed by atoms with Gasteiger partial charge in [0.1, 0.15) is 5.75 Å². The van der Waals surface area contributed by atoms with Crippen molar-refractivity contribution in [1.29, 1.82) is 0 Å². The van der Waals surface area contributed by atoms with Crippen molar-refractivity contribution in [2.75, 3.05) is 0 Å². The second-order valence-electron chi connectivity index (χ2n) is 6.53. The molecule has 0 radical (unpaired) electrons. The van der Waals surface area contributed by atoms with Crippen LogP contribution in [0.4, 0.5) is 4.39 Å². The van der Waals surface area contributed by atoms with E-state index >= 15 is 0 Å². The van der Waals surface area contributed by atoms with Gasteiger partial charge in [0, 0.05) is 0 Å². The molecule has 0 amide bonds. The molecule has 1 rings (SSSR count). The number of alkyl halides is 1. The minimum atomic E-state index is -1.62. The molecule has 0 heterocycles. The molecule has 0 aliphatic heterocycles. The number of carbonyl (C=O) groups is 1. The van der Waals surface area contributed by atoms with Crippen molar-refractivity contribution in [1.82, 2.24) is 0 Å². The molecular formula is C18H27FO2. The fourth-order valence-electron chi connectivity index (χ4n) is 2.19. The van der Waals surface area contributed by atoms with Gasteiger partial charge < -0.3 is 4.74 Å². The minimum Gasteiger partial charge on any atom is -0.424 e. The summed E-state index contributed by atoms with van der Waals surface area (Å²) in [4.78, 5) is 11.7. The Balaban J connectivity index is 3.46. The Morgan fingerprint density at radius 2 is 1.33 bits per heavy atom. The monoisotopic (exact) mass is 294 g/mol. The summed E-state index contributed by atoms with van der Waals surface area (Å²) in [7, 11) is 0. The molecule has 118 valence electrons. The number of esters is 1. The van der Waals surface area contributed by atoms with Crippen molar-refractivity contribution in [3.05, 3.63) is 28.8 Å². The molecule has 0 aliphatic carbocycles. The Hall–Kier alpha value is -1.38. The zero-order chi connectivity index (χ0) is 16.3. The molecule has 0 saturated heterocycles. The SMILES string of the molecule is CC(F)C(=O)Oc1c(C(C)C)cc(C(C)C)cc1C(C)C. The van der Waals surface area contributed by atoms with Gasteiger partial charge in [0.2, 0.25) is 0 Å². The third-order valence-electron chi connectivity index (χ3n) is 3.61. The molecule has 0 aliphatic rings. The van der Waals surface area contributed by atoms with Crippen molar-refractivity contribution in [3.8, 4) is 5.75 Å². The Morgan fingerprint density at radius 1 is 0.905 bits per heavy atom. The van der Waals surface area contributed by atoms with Gasteiger partial charge >= 0.3 is 5.97 Å². The van der Waals surface area contributed by atoms with E-state index in [4.69, 9.17) is 4.74 Å². The lowest BCUT2D eigenvalue weighted by Crippen LogP contribution is -2.20. The molecule has 2 nitrogen and oxygen atoms in total. The first-order valence-electron chi connectivity index (χ1n) is 7.68. The highest BCUT2D eigenvalue weighted by molar-refractivity contribution is 5.77. The highest BCUT2D eigenvalue weighted by Gasteiger charge is 2.22. The van der Waals surface area contributed by atoms with Crippen molar-refractivity contribution >= 4 is 5.97 Å². The molecule has 1 unspecified atom stereocenters. The van der Waals surface area contributed by atoms with E-state index in [2.05, 4.69) is 53.7 Å². The zero-order valence-corrected chi connectivity index (χ0v) is 14.2. The van der Waals surface area contributed by atoms with Gasteiger partial charge in [-0.25, -0.2) is 9.18 Å². The highest BCUT2D eigenvalue weighted by Crippen LogP contribution is 2.37. The number of carbonyl (C=O) groups excluding carboxylic acids is 1. The Labute approximate surface area is 127 Å². The average molecular weight is 294 g/mol. The second kappa shape index (κ2) is 7.06. The number of rotatable bonds is 5. The van der Waals surface area contributed by atoms with Crippen LogP contribution >= 0.6 is 0 Å². The third kappa shape index (κ3) is 4.29. The fourth-order valence-corrected chi connectivity index (χ4v) is 2.19. The van der Waals surface area contributed by atoms with Crippen LogP contribution in [0.1, 0.15) is 82.9 Å². The summed E-state index contributed by atoms with van der Waals surface area (Å²) in [6.07, 6.45) is -1.62. The number of ether oxygens (including phenoxy) is 1. The first-order chi connectivity index (χ1) is 9.65. The van der Waals surface area contributed by atoms with Gasteiger partial charge in [-0.2, -0.15) is 0 Å². The topological polar surface area (TPSA) is 26.3 Å². The molecule has 1 aromatic carbocycles. The Bertz CT molecular complexity index is 473. The van der Waals surface area contributed by atoms with Crippen LogP contribution in [0.25, 0.3) is 0 Å². The minimum absolute atomic E-state index is 0.207. The molecule has 3 heteroatoms. The molecule has 0 fully saturated rings. The maximum atomic E-state index is 13.2. The molecule has 21 heavy (non-hydrogen) atoms. The van der Waals surface area contributed by atoms with E-state index in [1.165, 1.54) is 12.5 Å². The van der Waals surface area contributed by atoms with Gasteiger partial charge in [-0.05, 0) is 41.4 Å². The lowest BCUT2D eigenvalue weighted by Gasteiger charge is -2.22. The summed E-state index contributed by atoms with van der Waals surface area (Å²) in [6.45, 7) is 13.7. The summed E-state index contributed by atoms with van der Waals surface area (Å²) in [5, 5.41) is 0. The van der Waals surface area contributed by atoms with E-state index in [0.29, 0.717) is 11.7 Å². The number of hydrogen-bond acceptors (Lipinski definition) is 2. The molecule has 0 aromatic heterocycles. The largest absolute Gasteiger partial charge is 0.424 e. The van der Waals surface area contributed by atoms with Crippen molar-refractivity contribution < 1.29 is 13.9 Å². The van der Waals surface area contributed by atoms with Gasteiger partial charge in [0.25, 0.3) is 0 Å². The van der Waals surface area contributed by atoms with Crippen LogP contribution in [0.3, 0.4) is 0 Å². The second-order valence-corrected chi connectivity index (χ2v) is 6.53. The van der Waals surface area contributed by atoms with Crippen molar-refractivity contribution in [2.24, 2.45) is 0 Å². The maximum Gasteiger partial charge on any atom is 0.345 e. The van der Waals surface area contributed by atoms with E-state index in [-0.39, 0.29) is 11.8 Å². The van der Waals surface area contributed by atoms with E-state index in [1.807, 2.05) is 0 Å².